The zero-order valence-corrected chi connectivity index (χ0v) is 8.75. The van der Waals surface area contributed by atoms with E-state index >= 15 is 0 Å². The minimum Gasteiger partial charge on any atom is -0.480 e. The second kappa shape index (κ2) is 3.98. The number of carboxylic acids is 1. The van der Waals surface area contributed by atoms with Crippen LogP contribution < -0.4 is 0 Å². The van der Waals surface area contributed by atoms with Crippen LogP contribution in [0.2, 0.25) is 0 Å². The lowest BCUT2D eigenvalue weighted by atomic mass is 9.66. The summed E-state index contributed by atoms with van der Waals surface area (Å²) in [7, 11) is 1.56. The molecule has 4 nitrogen and oxygen atoms in total. The molecule has 1 aliphatic rings. The second-order valence-corrected chi connectivity index (χ2v) is 4.04. The first-order valence-electron chi connectivity index (χ1n) is 4.99. The van der Waals surface area contributed by atoms with Crippen molar-refractivity contribution in [2.24, 2.45) is 5.41 Å². The number of carbonyl (C=O) groups excluding carboxylic acids is 1. The third kappa shape index (κ3) is 1.89. The van der Waals surface area contributed by atoms with Crippen molar-refractivity contribution in [2.75, 3.05) is 13.6 Å². The Labute approximate surface area is 83.9 Å². The Morgan fingerprint density at radius 3 is 2.29 bits per heavy atom. The van der Waals surface area contributed by atoms with E-state index in [1.54, 1.807) is 7.05 Å². The Kier molecular flexibility index (Phi) is 3.13. The van der Waals surface area contributed by atoms with Crippen LogP contribution in [0.1, 0.15) is 32.6 Å². The molecule has 0 aromatic carbocycles. The molecular weight excluding hydrogens is 182 g/mol. The highest BCUT2D eigenvalue weighted by Gasteiger charge is 2.43. The summed E-state index contributed by atoms with van der Waals surface area (Å²) in [6, 6.07) is 0. The number of hydrogen-bond donors (Lipinski definition) is 1. The van der Waals surface area contributed by atoms with Gasteiger partial charge in [-0.05, 0) is 19.3 Å². The number of hydrogen-bond acceptors (Lipinski definition) is 2. The van der Waals surface area contributed by atoms with E-state index in [1.807, 2.05) is 6.92 Å². The maximum Gasteiger partial charge on any atom is 0.323 e. The van der Waals surface area contributed by atoms with Crippen molar-refractivity contribution >= 4 is 11.9 Å². The van der Waals surface area contributed by atoms with E-state index < -0.39 is 5.97 Å². The number of aliphatic carboxylic acids is 1. The molecule has 0 heterocycles. The minimum atomic E-state index is -0.952. The van der Waals surface area contributed by atoms with Gasteiger partial charge in [0.1, 0.15) is 6.54 Å². The standard InChI is InChI=1S/C10H17NO3/c1-3-10(5-4-6-10)9(14)11(2)7-8(12)13/h3-7H2,1-2H3,(H,12,13). The highest BCUT2D eigenvalue weighted by Crippen LogP contribution is 2.44. The van der Waals surface area contributed by atoms with Gasteiger partial charge in [-0.3, -0.25) is 9.59 Å². The highest BCUT2D eigenvalue weighted by molar-refractivity contribution is 5.86. The van der Waals surface area contributed by atoms with E-state index in [4.69, 9.17) is 5.11 Å². The molecule has 1 amide bonds. The summed E-state index contributed by atoms with van der Waals surface area (Å²) in [6.07, 6.45) is 3.72. The Bertz CT molecular complexity index is 240. The summed E-state index contributed by atoms with van der Waals surface area (Å²) in [4.78, 5) is 23.6. The topological polar surface area (TPSA) is 57.6 Å². The van der Waals surface area contributed by atoms with Gasteiger partial charge < -0.3 is 10.0 Å². The first-order valence-corrected chi connectivity index (χ1v) is 4.99. The molecule has 0 atom stereocenters. The normalized spacial score (nSPS) is 18.4. The van der Waals surface area contributed by atoms with E-state index in [0.29, 0.717) is 0 Å². The molecule has 0 unspecified atom stereocenters. The van der Waals surface area contributed by atoms with E-state index in [9.17, 15) is 9.59 Å². The highest BCUT2D eigenvalue weighted by atomic mass is 16.4. The van der Waals surface area contributed by atoms with Gasteiger partial charge in [0.25, 0.3) is 0 Å². The van der Waals surface area contributed by atoms with Gasteiger partial charge in [0.05, 0.1) is 0 Å². The zero-order chi connectivity index (χ0) is 10.8. The molecule has 1 rings (SSSR count). The molecule has 0 radical (unpaired) electrons. The monoisotopic (exact) mass is 199 g/mol. The molecule has 0 aliphatic heterocycles. The van der Waals surface area contributed by atoms with Crippen LogP contribution >= 0.6 is 0 Å². The predicted octanol–water partition coefficient (Wildman–Crippen LogP) is 1.11. The molecule has 0 bridgehead atoms. The molecule has 0 aromatic rings. The van der Waals surface area contributed by atoms with E-state index in [2.05, 4.69) is 0 Å². The van der Waals surface area contributed by atoms with Gasteiger partial charge in [-0.25, -0.2) is 0 Å². The largest absolute Gasteiger partial charge is 0.480 e. The van der Waals surface area contributed by atoms with Crippen molar-refractivity contribution in [2.45, 2.75) is 32.6 Å². The molecule has 1 fully saturated rings. The summed E-state index contributed by atoms with van der Waals surface area (Å²) >= 11 is 0. The SMILES string of the molecule is CCC1(C(=O)N(C)CC(=O)O)CCC1. The molecule has 80 valence electrons. The summed E-state index contributed by atoms with van der Waals surface area (Å²) in [5.74, 6) is -0.958. The molecule has 1 saturated carbocycles. The third-order valence-electron chi connectivity index (χ3n) is 3.16. The van der Waals surface area contributed by atoms with Crippen LogP contribution in [0.15, 0.2) is 0 Å². The number of carboxylic acid groups (broad SMARTS) is 1. The number of carbonyl (C=O) groups is 2. The molecule has 0 saturated heterocycles. The molecule has 1 aliphatic carbocycles. The lowest BCUT2D eigenvalue weighted by molar-refractivity contribution is -0.152. The summed E-state index contributed by atoms with van der Waals surface area (Å²) in [5.41, 5.74) is -0.246. The minimum absolute atomic E-state index is 0.00588. The predicted molar refractivity (Wildman–Crippen MR) is 51.8 cm³/mol. The van der Waals surface area contributed by atoms with Gasteiger partial charge in [-0.2, -0.15) is 0 Å². The van der Waals surface area contributed by atoms with Crippen LogP contribution in [0.5, 0.6) is 0 Å². The number of likely N-dealkylation sites (N-methyl/N-ethyl adjacent to an activating group) is 1. The van der Waals surface area contributed by atoms with Crippen LogP contribution in [0, 0.1) is 5.41 Å². The third-order valence-corrected chi connectivity index (χ3v) is 3.16. The summed E-state index contributed by atoms with van der Waals surface area (Å²) < 4.78 is 0. The lowest BCUT2D eigenvalue weighted by Gasteiger charge is -2.41. The van der Waals surface area contributed by atoms with Crippen molar-refractivity contribution in [3.8, 4) is 0 Å². The van der Waals surface area contributed by atoms with Crippen LogP contribution in [0.25, 0.3) is 0 Å². The molecule has 0 spiro atoms. The van der Waals surface area contributed by atoms with E-state index in [1.165, 1.54) is 4.90 Å². The Balaban J connectivity index is 2.59. The molecule has 4 heteroatoms. The number of nitrogens with zero attached hydrogens (tertiary/aromatic N) is 1. The van der Waals surface area contributed by atoms with Crippen LogP contribution in [-0.4, -0.2) is 35.5 Å². The van der Waals surface area contributed by atoms with E-state index in [-0.39, 0.29) is 17.9 Å². The summed E-state index contributed by atoms with van der Waals surface area (Å²) in [6.45, 7) is 1.80. The number of rotatable bonds is 4. The van der Waals surface area contributed by atoms with Gasteiger partial charge in [0.2, 0.25) is 5.91 Å². The first kappa shape index (κ1) is 11.0. The molecule has 0 aromatic heterocycles. The first-order chi connectivity index (χ1) is 6.52. The molecule has 14 heavy (non-hydrogen) atoms. The Morgan fingerprint density at radius 1 is 1.43 bits per heavy atom. The molecule has 1 N–H and O–H groups in total. The van der Waals surface area contributed by atoms with Crippen LogP contribution in [-0.2, 0) is 9.59 Å². The zero-order valence-electron chi connectivity index (χ0n) is 8.75. The van der Waals surface area contributed by atoms with Gasteiger partial charge in [-0.15, -0.1) is 0 Å². The smallest absolute Gasteiger partial charge is 0.323 e. The fraction of sp³-hybridized carbons (Fsp3) is 0.800. The average Bonchev–Trinajstić information content (AvgIpc) is 2.01. The summed E-state index contributed by atoms with van der Waals surface area (Å²) in [5, 5.41) is 8.57. The Hall–Kier alpha value is -1.06. The maximum atomic E-state index is 11.9. The van der Waals surface area contributed by atoms with Crippen LogP contribution in [0.3, 0.4) is 0 Å². The molecular formula is C10H17NO3. The fourth-order valence-electron chi connectivity index (χ4n) is 2.00. The van der Waals surface area contributed by atoms with Gasteiger partial charge in [0, 0.05) is 12.5 Å². The lowest BCUT2D eigenvalue weighted by Crippen LogP contribution is -2.47. The Morgan fingerprint density at radius 2 is 2.00 bits per heavy atom. The maximum absolute atomic E-state index is 11.9. The van der Waals surface area contributed by atoms with Gasteiger partial charge in [0.15, 0.2) is 0 Å². The van der Waals surface area contributed by atoms with Gasteiger partial charge >= 0.3 is 5.97 Å². The second-order valence-electron chi connectivity index (χ2n) is 4.04. The van der Waals surface area contributed by atoms with Crippen molar-refractivity contribution in [3.63, 3.8) is 0 Å². The average molecular weight is 199 g/mol. The van der Waals surface area contributed by atoms with Gasteiger partial charge in [-0.1, -0.05) is 13.3 Å². The van der Waals surface area contributed by atoms with Crippen molar-refractivity contribution in [1.82, 2.24) is 4.90 Å². The van der Waals surface area contributed by atoms with Crippen molar-refractivity contribution in [3.05, 3.63) is 0 Å². The van der Waals surface area contributed by atoms with Crippen molar-refractivity contribution < 1.29 is 14.7 Å². The van der Waals surface area contributed by atoms with Crippen LogP contribution in [0.4, 0.5) is 0 Å². The number of amides is 1. The van der Waals surface area contributed by atoms with Crippen molar-refractivity contribution in [1.29, 1.82) is 0 Å². The van der Waals surface area contributed by atoms with E-state index in [0.717, 1.165) is 25.7 Å². The quantitative estimate of drug-likeness (QED) is 0.737. The fourth-order valence-corrected chi connectivity index (χ4v) is 2.00.